The van der Waals surface area contributed by atoms with Gasteiger partial charge in [-0.3, -0.25) is 0 Å². The molecule has 0 spiro atoms. The van der Waals surface area contributed by atoms with Gasteiger partial charge in [0.15, 0.2) is 0 Å². The molecular weight excluding hydrogens is 266 g/mol. The molecule has 0 aromatic carbocycles. The van der Waals surface area contributed by atoms with Crippen molar-refractivity contribution in [2.45, 2.75) is 64.9 Å². The maximum atomic E-state index is 5.78. The smallest absolute Gasteiger partial charge is 0.234 e. The summed E-state index contributed by atoms with van der Waals surface area (Å²) in [6.45, 7) is 11.1. The maximum absolute atomic E-state index is 5.78. The highest BCUT2D eigenvalue weighted by Gasteiger charge is 2.39. The van der Waals surface area contributed by atoms with Gasteiger partial charge in [0.1, 0.15) is 6.10 Å². The zero-order chi connectivity index (χ0) is 15.3. The lowest BCUT2D eigenvalue weighted by Gasteiger charge is -2.34. The minimum Gasteiger partial charge on any atom is -0.370 e. The molecule has 0 bridgehead atoms. The van der Waals surface area contributed by atoms with Crippen LogP contribution in [0, 0.1) is 5.92 Å². The minimum atomic E-state index is -0.0808. The van der Waals surface area contributed by atoms with E-state index in [1.165, 1.54) is 0 Å². The van der Waals surface area contributed by atoms with E-state index < -0.39 is 0 Å². The fourth-order valence-electron chi connectivity index (χ4n) is 3.26. The monoisotopic (exact) mass is 295 g/mol. The molecule has 0 radical (unpaired) electrons. The molecule has 5 heteroatoms. The maximum Gasteiger partial charge on any atom is 0.234 e. The van der Waals surface area contributed by atoms with Crippen LogP contribution in [0.3, 0.4) is 0 Å². The van der Waals surface area contributed by atoms with E-state index in [2.05, 4.69) is 31.2 Å². The SMILES string of the molecule is CCCC1(c2nc(C(OCC)C(C)C)no2)CCCNC1. The largest absolute Gasteiger partial charge is 0.370 e. The van der Waals surface area contributed by atoms with Gasteiger partial charge in [0, 0.05) is 13.2 Å². The first-order valence-corrected chi connectivity index (χ1v) is 8.29. The highest BCUT2D eigenvalue weighted by molar-refractivity contribution is 5.09. The van der Waals surface area contributed by atoms with E-state index in [1.54, 1.807) is 0 Å². The molecule has 21 heavy (non-hydrogen) atoms. The van der Waals surface area contributed by atoms with Gasteiger partial charge in [-0.15, -0.1) is 0 Å². The average Bonchev–Trinajstić information content (AvgIpc) is 2.96. The summed E-state index contributed by atoms with van der Waals surface area (Å²) in [4.78, 5) is 4.72. The van der Waals surface area contributed by atoms with Gasteiger partial charge in [0.25, 0.3) is 0 Å². The first-order chi connectivity index (χ1) is 10.1. The highest BCUT2D eigenvalue weighted by Crippen LogP contribution is 2.36. The van der Waals surface area contributed by atoms with Gasteiger partial charge in [-0.1, -0.05) is 32.3 Å². The molecule has 1 aromatic rings. The first-order valence-electron chi connectivity index (χ1n) is 8.29. The lowest BCUT2D eigenvalue weighted by atomic mass is 9.77. The zero-order valence-electron chi connectivity index (χ0n) is 13.8. The van der Waals surface area contributed by atoms with Crippen LogP contribution in [0.25, 0.3) is 0 Å². The topological polar surface area (TPSA) is 60.2 Å². The Hall–Kier alpha value is -0.940. The Kier molecular flexibility index (Phi) is 5.76. The van der Waals surface area contributed by atoms with E-state index >= 15 is 0 Å². The molecule has 2 heterocycles. The predicted molar refractivity (Wildman–Crippen MR) is 82.2 cm³/mol. The third-order valence-corrected chi connectivity index (χ3v) is 4.30. The van der Waals surface area contributed by atoms with Crippen LogP contribution in [0.15, 0.2) is 4.52 Å². The van der Waals surface area contributed by atoms with Gasteiger partial charge < -0.3 is 14.6 Å². The molecule has 1 N–H and O–H groups in total. The van der Waals surface area contributed by atoms with Crippen molar-refractivity contribution >= 4 is 0 Å². The molecule has 2 atom stereocenters. The third-order valence-electron chi connectivity index (χ3n) is 4.30. The van der Waals surface area contributed by atoms with E-state index in [4.69, 9.17) is 14.2 Å². The van der Waals surface area contributed by atoms with E-state index in [9.17, 15) is 0 Å². The van der Waals surface area contributed by atoms with Crippen molar-refractivity contribution < 1.29 is 9.26 Å². The fourth-order valence-corrected chi connectivity index (χ4v) is 3.26. The molecule has 0 amide bonds. The lowest BCUT2D eigenvalue weighted by molar-refractivity contribution is 0.0217. The molecule has 2 rings (SSSR count). The highest BCUT2D eigenvalue weighted by atomic mass is 16.5. The van der Waals surface area contributed by atoms with Crippen molar-refractivity contribution in [2.75, 3.05) is 19.7 Å². The summed E-state index contributed by atoms with van der Waals surface area (Å²) in [5.74, 6) is 1.82. The summed E-state index contributed by atoms with van der Waals surface area (Å²) in [5.41, 5.74) is 0.00595. The molecule has 2 unspecified atom stereocenters. The van der Waals surface area contributed by atoms with Crippen LogP contribution in [0.5, 0.6) is 0 Å². The van der Waals surface area contributed by atoms with E-state index in [0.717, 1.165) is 44.7 Å². The molecule has 1 aliphatic heterocycles. The second-order valence-corrected chi connectivity index (χ2v) is 6.39. The number of aromatic nitrogens is 2. The second-order valence-electron chi connectivity index (χ2n) is 6.39. The molecular formula is C16H29N3O2. The van der Waals surface area contributed by atoms with Crippen LogP contribution in [-0.4, -0.2) is 29.8 Å². The van der Waals surface area contributed by atoms with Crippen LogP contribution in [0.4, 0.5) is 0 Å². The van der Waals surface area contributed by atoms with Gasteiger partial charge >= 0.3 is 0 Å². The van der Waals surface area contributed by atoms with E-state index in [-0.39, 0.29) is 11.5 Å². The Morgan fingerprint density at radius 3 is 2.76 bits per heavy atom. The normalized spacial score (nSPS) is 24.4. The number of piperidine rings is 1. The molecule has 1 aliphatic rings. The van der Waals surface area contributed by atoms with Gasteiger partial charge in [0.05, 0.1) is 5.41 Å². The van der Waals surface area contributed by atoms with Gasteiger partial charge in [-0.25, -0.2) is 0 Å². The minimum absolute atomic E-state index is 0.00595. The van der Waals surface area contributed by atoms with Crippen LogP contribution in [-0.2, 0) is 10.2 Å². The quantitative estimate of drug-likeness (QED) is 0.837. The van der Waals surface area contributed by atoms with Crippen molar-refractivity contribution in [2.24, 2.45) is 5.92 Å². The second kappa shape index (κ2) is 7.36. The van der Waals surface area contributed by atoms with Crippen LogP contribution >= 0.6 is 0 Å². The molecule has 1 aromatic heterocycles. The molecule has 0 saturated carbocycles. The molecule has 1 saturated heterocycles. The number of ether oxygens (including phenoxy) is 1. The van der Waals surface area contributed by atoms with Crippen molar-refractivity contribution in [1.82, 2.24) is 15.5 Å². The Morgan fingerprint density at radius 2 is 2.19 bits per heavy atom. The predicted octanol–water partition coefficient (Wildman–Crippen LogP) is 3.22. The number of nitrogens with one attached hydrogen (secondary N) is 1. The molecule has 120 valence electrons. The summed E-state index contributed by atoms with van der Waals surface area (Å²) in [6.07, 6.45) is 4.41. The summed E-state index contributed by atoms with van der Waals surface area (Å²) >= 11 is 0. The summed E-state index contributed by atoms with van der Waals surface area (Å²) < 4.78 is 11.4. The van der Waals surface area contributed by atoms with E-state index in [0.29, 0.717) is 18.3 Å². The first kappa shape index (κ1) is 16.4. The van der Waals surface area contributed by atoms with Gasteiger partial charge in [-0.05, 0) is 38.6 Å². The summed E-state index contributed by atoms with van der Waals surface area (Å²) in [7, 11) is 0. The summed E-state index contributed by atoms with van der Waals surface area (Å²) in [5, 5.41) is 7.71. The molecule has 5 nitrogen and oxygen atoms in total. The van der Waals surface area contributed by atoms with Gasteiger partial charge in [0.2, 0.25) is 11.7 Å². The molecule has 0 aliphatic carbocycles. The lowest BCUT2D eigenvalue weighted by Crippen LogP contribution is -2.43. The third kappa shape index (κ3) is 3.64. The Balaban J connectivity index is 2.23. The van der Waals surface area contributed by atoms with E-state index in [1.807, 2.05) is 6.92 Å². The number of hydrogen-bond donors (Lipinski definition) is 1. The van der Waals surface area contributed by atoms with Gasteiger partial charge in [-0.2, -0.15) is 4.98 Å². The van der Waals surface area contributed by atoms with Crippen molar-refractivity contribution in [1.29, 1.82) is 0 Å². The van der Waals surface area contributed by atoms with Crippen LogP contribution < -0.4 is 5.32 Å². The Bertz CT molecular complexity index is 419. The Morgan fingerprint density at radius 1 is 1.38 bits per heavy atom. The van der Waals surface area contributed by atoms with Crippen LogP contribution in [0.2, 0.25) is 0 Å². The fraction of sp³-hybridized carbons (Fsp3) is 0.875. The zero-order valence-corrected chi connectivity index (χ0v) is 13.8. The average molecular weight is 295 g/mol. The van der Waals surface area contributed by atoms with Crippen molar-refractivity contribution in [3.05, 3.63) is 11.7 Å². The van der Waals surface area contributed by atoms with Crippen LogP contribution in [0.1, 0.15) is 71.2 Å². The number of rotatable bonds is 7. The Labute approximate surface area is 127 Å². The standard InChI is InChI=1S/C16H29N3O2/c1-5-8-16(9-7-10-17-11-16)15-18-14(19-21-15)13(12(3)4)20-6-2/h12-13,17H,5-11H2,1-4H3. The van der Waals surface area contributed by atoms with Crippen molar-refractivity contribution in [3.8, 4) is 0 Å². The van der Waals surface area contributed by atoms with Crippen molar-refractivity contribution in [3.63, 3.8) is 0 Å². The number of hydrogen-bond acceptors (Lipinski definition) is 5. The molecule has 1 fully saturated rings. The number of nitrogens with zero attached hydrogens (tertiary/aromatic N) is 2. The summed E-state index contributed by atoms with van der Waals surface area (Å²) in [6, 6.07) is 0.